The third-order valence-electron chi connectivity index (χ3n) is 4.41. The van der Waals surface area contributed by atoms with Gasteiger partial charge < -0.3 is 11.1 Å². The van der Waals surface area contributed by atoms with Crippen molar-refractivity contribution in [2.75, 3.05) is 13.1 Å². The summed E-state index contributed by atoms with van der Waals surface area (Å²) in [5.41, 5.74) is 5.52. The fourth-order valence-corrected chi connectivity index (χ4v) is 3.04. The van der Waals surface area contributed by atoms with Gasteiger partial charge in [0.05, 0.1) is 0 Å². The van der Waals surface area contributed by atoms with Gasteiger partial charge in [-0.2, -0.15) is 0 Å². The predicted molar refractivity (Wildman–Crippen MR) is 77.9 cm³/mol. The molecule has 2 unspecified atom stereocenters. The second-order valence-corrected chi connectivity index (χ2v) is 5.80. The zero-order valence-corrected chi connectivity index (χ0v) is 12.3. The molecule has 5 heteroatoms. The Kier molecular flexibility index (Phi) is 5.28. The number of hydrogen-bond donors (Lipinski definition) is 2. The second kappa shape index (κ2) is 6.98. The Hall–Kier alpha value is -1.49. The maximum atomic E-state index is 13.9. The van der Waals surface area contributed by atoms with Crippen LogP contribution in [-0.2, 0) is 0 Å². The summed E-state index contributed by atoms with van der Waals surface area (Å²) in [5, 5.41) is 2.67. The quantitative estimate of drug-likeness (QED) is 0.897. The van der Waals surface area contributed by atoms with Crippen molar-refractivity contribution >= 4 is 5.91 Å². The minimum atomic E-state index is -0.824. The molecule has 0 radical (unpaired) electrons. The summed E-state index contributed by atoms with van der Waals surface area (Å²) in [5.74, 6) is -1.62. The van der Waals surface area contributed by atoms with E-state index in [4.69, 9.17) is 5.73 Å². The van der Waals surface area contributed by atoms with E-state index in [0.29, 0.717) is 24.9 Å². The van der Waals surface area contributed by atoms with Gasteiger partial charge in [-0.3, -0.25) is 4.79 Å². The molecule has 1 aliphatic carbocycles. The van der Waals surface area contributed by atoms with Crippen molar-refractivity contribution in [2.45, 2.75) is 32.6 Å². The molecule has 2 atom stereocenters. The van der Waals surface area contributed by atoms with Gasteiger partial charge >= 0.3 is 0 Å². The lowest BCUT2D eigenvalue weighted by Crippen LogP contribution is -2.37. The highest BCUT2D eigenvalue weighted by atomic mass is 19.1. The molecule has 116 valence electrons. The van der Waals surface area contributed by atoms with E-state index in [0.717, 1.165) is 31.7 Å². The van der Waals surface area contributed by atoms with Crippen LogP contribution >= 0.6 is 0 Å². The Bertz CT molecular complexity index is 519. The average Bonchev–Trinajstić information content (AvgIpc) is 2.49. The zero-order valence-electron chi connectivity index (χ0n) is 12.3. The van der Waals surface area contributed by atoms with Crippen molar-refractivity contribution in [3.63, 3.8) is 0 Å². The van der Waals surface area contributed by atoms with Gasteiger partial charge in [0, 0.05) is 6.54 Å². The van der Waals surface area contributed by atoms with Gasteiger partial charge in [-0.25, -0.2) is 8.78 Å². The van der Waals surface area contributed by atoms with Crippen LogP contribution in [0.4, 0.5) is 8.78 Å². The summed E-state index contributed by atoms with van der Waals surface area (Å²) in [4.78, 5) is 12.1. The van der Waals surface area contributed by atoms with E-state index >= 15 is 0 Å². The van der Waals surface area contributed by atoms with Gasteiger partial charge in [0.2, 0.25) is 0 Å². The van der Waals surface area contributed by atoms with E-state index in [1.54, 1.807) is 0 Å². The van der Waals surface area contributed by atoms with Crippen molar-refractivity contribution in [3.05, 3.63) is 34.9 Å². The van der Waals surface area contributed by atoms with Crippen molar-refractivity contribution in [1.29, 1.82) is 0 Å². The molecule has 1 amide bonds. The van der Waals surface area contributed by atoms with Gasteiger partial charge in [0.1, 0.15) is 17.2 Å². The van der Waals surface area contributed by atoms with Gasteiger partial charge in [0.25, 0.3) is 5.91 Å². The molecule has 3 N–H and O–H groups in total. The monoisotopic (exact) mass is 296 g/mol. The number of carbonyl (C=O) groups excluding carboxylic acids is 1. The fraction of sp³-hybridized carbons (Fsp3) is 0.562. The molecule has 0 aliphatic heterocycles. The summed E-state index contributed by atoms with van der Waals surface area (Å²) in [6.07, 6.45) is 4.34. The van der Waals surface area contributed by atoms with Crippen molar-refractivity contribution in [2.24, 2.45) is 17.6 Å². The molecule has 1 aliphatic rings. The van der Waals surface area contributed by atoms with Crippen molar-refractivity contribution in [1.82, 2.24) is 5.32 Å². The standard InChI is InChI=1S/C16H22F2N2O/c1-10-6-7-13(17)14(15(10)18)16(21)20-9-12-5-3-2-4-11(12)8-19/h6-7,11-12H,2-5,8-9,19H2,1H3,(H,20,21). The molecular formula is C16H22F2N2O. The topological polar surface area (TPSA) is 55.1 Å². The Morgan fingerprint density at radius 2 is 1.95 bits per heavy atom. The summed E-state index contributed by atoms with van der Waals surface area (Å²) in [6, 6.07) is 2.45. The molecule has 0 spiro atoms. The lowest BCUT2D eigenvalue weighted by atomic mass is 9.79. The Morgan fingerprint density at radius 3 is 2.62 bits per heavy atom. The predicted octanol–water partition coefficient (Wildman–Crippen LogP) is 2.77. The smallest absolute Gasteiger partial charge is 0.257 e. The number of aryl methyl sites for hydroxylation is 1. The van der Waals surface area contributed by atoms with Crippen LogP contribution in [0.1, 0.15) is 41.6 Å². The molecule has 21 heavy (non-hydrogen) atoms. The molecule has 1 saturated carbocycles. The number of halogens is 2. The molecule has 0 bridgehead atoms. The first kappa shape index (κ1) is 15.9. The number of nitrogens with one attached hydrogen (secondary N) is 1. The van der Waals surface area contributed by atoms with Gasteiger partial charge in [-0.05, 0) is 49.8 Å². The van der Waals surface area contributed by atoms with Crippen LogP contribution in [0, 0.1) is 30.4 Å². The summed E-state index contributed by atoms with van der Waals surface area (Å²) in [6.45, 7) is 2.53. The first-order valence-electron chi connectivity index (χ1n) is 7.47. The second-order valence-electron chi connectivity index (χ2n) is 5.80. The van der Waals surface area contributed by atoms with Gasteiger partial charge in [-0.15, -0.1) is 0 Å². The highest BCUT2D eigenvalue weighted by molar-refractivity contribution is 5.94. The summed E-state index contributed by atoms with van der Waals surface area (Å²) >= 11 is 0. The molecule has 1 aromatic carbocycles. The molecule has 1 aromatic rings. The lowest BCUT2D eigenvalue weighted by molar-refractivity contribution is 0.0926. The van der Waals surface area contributed by atoms with E-state index < -0.39 is 23.1 Å². The maximum absolute atomic E-state index is 13.9. The maximum Gasteiger partial charge on any atom is 0.257 e. The van der Waals surface area contributed by atoms with E-state index in [1.807, 2.05) is 0 Å². The van der Waals surface area contributed by atoms with Crippen LogP contribution in [0.5, 0.6) is 0 Å². The molecule has 3 nitrogen and oxygen atoms in total. The van der Waals surface area contributed by atoms with Crippen LogP contribution < -0.4 is 11.1 Å². The number of benzene rings is 1. The Balaban J connectivity index is 2.03. The van der Waals surface area contributed by atoms with Crippen LogP contribution in [0.2, 0.25) is 0 Å². The van der Waals surface area contributed by atoms with E-state index in [9.17, 15) is 13.6 Å². The highest BCUT2D eigenvalue weighted by Crippen LogP contribution is 2.28. The Labute approximate surface area is 123 Å². The minimum Gasteiger partial charge on any atom is -0.352 e. The van der Waals surface area contributed by atoms with Crippen LogP contribution in [0.25, 0.3) is 0 Å². The zero-order chi connectivity index (χ0) is 15.4. The number of hydrogen-bond acceptors (Lipinski definition) is 2. The molecular weight excluding hydrogens is 274 g/mol. The van der Waals surface area contributed by atoms with Crippen LogP contribution in [-0.4, -0.2) is 19.0 Å². The molecule has 0 saturated heterocycles. The summed E-state index contributed by atoms with van der Waals surface area (Å²) in [7, 11) is 0. The van der Waals surface area contributed by atoms with Gasteiger partial charge in [0.15, 0.2) is 0 Å². The third-order valence-corrected chi connectivity index (χ3v) is 4.41. The third kappa shape index (κ3) is 3.59. The largest absolute Gasteiger partial charge is 0.352 e. The summed E-state index contributed by atoms with van der Waals surface area (Å²) < 4.78 is 27.6. The van der Waals surface area contributed by atoms with Gasteiger partial charge in [-0.1, -0.05) is 18.9 Å². The van der Waals surface area contributed by atoms with E-state index in [1.165, 1.54) is 13.0 Å². The number of rotatable bonds is 4. The van der Waals surface area contributed by atoms with E-state index in [-0.39, 0.29) is 5.56 Å². The van der Waals surface area contributed by atoms with Crippen molar-refractivity contribution in [3.8, 4) is 0 Å². The molecule has 2 rings (SSSR count). The van der Waals surface area contributed by atoms with Crippen LogP contribution in [0.15, 0.2) is 12.1 Å². The first-order chi connectivity index (χ1) is 10.0. The first-order valence-corrected chi connectivity index (χ1v) is 7.47. The molecule has 0 aromatic heterocycles. The number of amides is 1. The lowest BCUT2D eigenvalue weighted by Gasteiger charge is -2.30. The van der Waals surface area contributed by atoms with Crippen molar-refractivity contribution < 1.29 is 13.6 Å². The average molecular weight is 296 g/mol. The number of nitrogens with two attached hydrogens (primary N) is 1. The van der Waals surface area contributed by atoms with Crippen LogP contribution in [0.3, 0.4) is 0 Å². The highest BCUT2D eigenvalue weighted by Gasteiger charge is 2.25. The SMILES string of the molecule is Cc1ccc(F)c(C(=O)NCC2CCCCC2CN)c1F. The number of carbonyl (C=O) groups is 1. The Morgan fingerprint density at radius 1 is 1.29 bits per heavy atom. The molecule has 1 fully saturated rings. The van der Waals surface area contributed by atoms with E-state index in [2.05, 4.69) is 5.32 Å². The minimum absolute atomic E-state index is 0.263. The normalized spacial score (nSPS) is 22.1. The fourth-order valence-electron chi connectivity index (χ4n) is 3.04. The molecule has 0 heterocycles.